The highest BCUT2D eigenvalue weighted by atomic mass is 35.5. The lowest BCUT2D eigenvalue weighted by atomic mass is 9.89. The zero-order chi connectivity index (χ0) is 9.31. The fourth-order valence-corrected chi connectivity index (χ4v) is 2.51. The van der Waals surface area contributed by atoms with E-state index in [0.717, 1.165) is 32.6 Å². The van der Waals surface area contributed by atoms with Crippen LogP contribution < -0.4 is 5.32 Å². The van der Waals surface area contributed by atoms with Crippen LogP contribution in [0, 0.1) is 0 Å². The van der Waals surface area contributed by atoms with E-state index in [2.05, 4.69) is 17.1 Å². The SMILES string of the molecule is CC1(N2CCC(O)C2)CCNCC1.Cl.Cl. The third-order valence-electron chi connectivity index (χ3n) is 3.61. The number of piperidine rings is 1. The molecule has 5 heteroatoms. The second kappa shape index (κ2) is 6.26. The summed E-state index contributed by atoms with van der Waals surface area (Å²) in [5.41, 5.74) is 0.350. The van der Waals surface area contributed by atoms with Crippen LogP contribution in [0.2, 0.25) is 0 Å². The third-order valence-corrected chi connectivity index (χ3v) is 3.61. The number of hydrogen-bond donors (Lipinski definition) is 2. The quantitative estimate of drug-likeness (QED) is 0.736. The van der Waals surface area contributed by atoms with E-state index in [-0.39, 0.29) is 30.9 Å². The lowest BCUT2D eigenvalue weighted by Crippen LogP contribution is -2.51. The van der Waals surface area contributed by atoms with E-state index in [9.17, 15) is 5.11 Å². The molecule has 0 bridgehead atoms. The minimum Gasteiger partial charge on any atom is -0.392 e. The van der Waals surface area contributed by atoms with E-state index >= 15 is 0 Å². The number of rotatable bonds is 1. The van der Waals surface area contributed by atoms with Gasteiger partial charge in [0.25, 0.3) is 0 Å². The summed E-state index contributed by atoms with van der Waals surface area (Å²) in [4.78, 5) is 2.47. The van der Waals surface area contributed by atoms with Gasteiger partial charge in [-0.1, -0.05) is 0 Å². The van der Waals surface area contributed by atoms with Crippen molar-refractivity contribution in [3.05, 3.63) is 0 Å². The average Bonchev–Trinajstić information content (AvgIpc) is 2.54. The highest BCUT2D eigenvalue weighted by Crippen LogP contribution is 2.29. The first kappa shape index (κ1) is 15.5. The molecule has 0 aliphatic carbocycles. The number of aliphatic hydroxyl groups excluding tert-OH is 1. The van der Waals surface area contributed by atoms with Gasteiger partial charge in [0, 0.05) is 18.6 Å². The van der Waals surface area contributed by atoms with Gasteiger partial charge in [-0.3, -0.25) is 4.90 Å². The normalized spacial score (nSPS) is 30.4. The van der Waals surface area contributed by atoms with Gasteiger partial charge < -0.3 is 10.4 Å². The van der Waals surface area contributed by atoms with Gasteiger partial charge in [0.1, 0.15) is 0 Å². The summed E-state index contributed by atoms with van der Waals surface area (Å²) in [5.74, 6) is 0. The predicted octanol–water partition coefficient (Wildman–Crippen LogP) is 1.04. The lowest BCUT2D eigenvalue weighted by molar-refractivity contribution is 0.0788. The van der Waals surface area contributed by atoms with Gasteiger partial charge in [-0.25, -0.2) is 0 Å². The highest BCUT2D eigenvalue weighted by Gasteiger charge is 2.36. The molecule has 15 heavy (non-hydrogen) atoms. The van der Waals surface area contributed by atoms with Crippen LogP contribution in [0.5, 0.6) is 0 Å². The molecule has 92 valence electrons. The molecule has 0 saturated carbocycles. The van der Waals surface area contributed by atoms with E-state index in [4.69, 9.17) is 0 Å². The first-order chi connectivity index (χ1) is 6.21. The first-order valence-corrected chi connectivity index (χ1v) is 5.34. The van der Waals surface area contributed by atoms with Crippen molar-refractivity contribution in [2.24, 2.45) is 0 Å². The molecular formula is C10H22Cl2N2O. The summed E-state index contributed by atoms with van der Waals surface area (Å²) in [5, 5.41) is 12.9. The van der Waals surface area contributed by atoms with Crippen LogP contribution >= 0.6 is 24.8 Å². The van der Waals surface area contributed by atoms with E-state index < -0.39 is 0 Å². The van der Waals surface area contributed by atoms with Crippen LogP contribution in [0.4, 0.5) is 0 Å². The van der Waals surface area contributed by atoms with Crippen LogP contribution in [0.15, 0.2) is 0 Å². The Morgan fingerprint density at radius 2 is 1.87 bits per heavy atom. The van der Waals surface area contributed by atoms with E-state index in [0.29, 0.717) is 5.54 Å². The highest BCUT2D eigenvalue weighted by molar-refractivity contribution is 5.85. The van der Waals surface area contributed by atoms with Crippen molar-refractivity contribution >= 4 is 24.8 Å². The van der Waals surface area contributed by atoms with Gasteiger partial charge in [0.2, 0.25) is 0 Å². The number of nitrogens with zero attached hydrogens (tertiary/aromatic N) is 1. The molecule has 0 radical (unpaired) electrons. The van der Waals surface area contributed by atoms with Gasteiger partial charge in [0.05, 0.1) is 6.10 Å². The van der Waals surface area contributed by atoms with Gasteiger partial charge in [0.15, 0.2) is 0 Å². The third kappa shape index (κ3) is 3.46. The molecule has 3 nitrogen and oxygen atoms in total. The van der Waals surface area contributed by atoms with E-state index in [1.54, 1.807) is 0 Å². The Labute approximate surface area is 104 Å². The number of halogens is 2. The molecule has 2 N–H and O–H groups in total. The summed E-state index contributed by atoms with van der Waals surface area (Å²) in [6.07, 6.45) is 3.33. The maximum absolute atomic E-state index is 9.49. The van der Waals surface area contributed by atoms with Crippen molar-refractivity contribution in [3.8, 4) is 0 Å². The molecule has 2 rings (SSSR count). The van der Waals surface area contributed by atoms with Crippen molar-refractivity contribution in [2.75, 3.05) is 26.2 Å². The molecule has 0 aromatic rings. The standard InChI is InChI=1S/C10H20N2O.2ClH/c1-10(3-5-11-6-4-10)12-7-2-9(13)8-12;;/h9,11,13H,2-8H2,1H3;2*1H. The molecule has 0 aromatic heterocycles. The van der Waals surface area contributed by atoms with Gasteiger partial charge in [-0.15, -0.1) is 24.8 Å². The second-order valence-corrected chi connectivity index (χ2v) is 4.64. The van der Waals surface area contributed by atoms with E-state index in [1.807, 2.05) is 0 Å². The lowest BCUT2D eigenvalue weighted by Gasteiger charge is -2.42. The van der Waals surface area contributed by atoms with Crippen LogP contribution in [0.3, 0.4) is 0 Å². The van der Waals surface area contributed by atoms with Crippen molar-refractivity contribution in [1.29, 1.82) is 0 Å². The van der Waals surface area contributed by atoms with Crippen molar-refractivity contribution in [3.63, 3.8) is 0 Å². The zero-order valence-corrected chi connectivity index (χ0v) is 10.9. The second-order valence-electron chi connectivity index (χ2n) is 4.64. The van der Waals surface area contributed by atoms with Crippen LogP contribution in [0.1, 0.15) is 26.2 Å². The zero-order valence-electron chi connectivity index (χ0n) is 9.24. The fourth-order valence-electron chi connectivity index (χ4n) is 2.51. The Kier molecular flexibility index (Phi) is 6.45. The van der Waals surface area contributed by atoms with E-state index in [1.165, 1.54) is 12.8 Å². The van der Waals surface area contributed by atoms with Gasteiger partial charge in [-0.05, 0) is 39.3 Å². The molecule has 0 spiro atoms. The summed E-state index contributed by atoms with van der Waals surface area (Å²) < 4.78 is 0. The summed E-state index contributed by atoms with van der Waals surface area (Å²) >= 11 is 0. The molecule has 2 saturated heterocycles. The molecule has 0 aromatic carbocycles. The molecule has 2 fully saturated rings. The number of likely N-dealkylation sites (tertiary alicyclic amines) is 1. The topological polar surface area (TPSA) is 35.5 Å². The fraction of sp³-hybridized carbons (Fsp3) is 1.00. The maximum atomic E-state index is 9.49. The Bertz CT molecular complexity index is 186. The minimum atomic E-state index is -0.0771. The molecule has 2 aliphatic heterocycles. The summed E-state index contributed by atoms with van der Waals surface area (Å²) in [6, 6.07) is 0. The molecule has 2 aliphatic rings. The maximum Gasteiger partial charge on any atom is 0.0679 e. The molecular weight excluding hydrogens is 235 g/mol. The van der Waals surface area contributed by atoms with Gasteiger partial charge in [-0.2, -0.15) is 0 Å². The Morgan fingerprint density at radius 3 is 2.33 bits per heavy atom. The first-order valence-electron chi connectivity index (χ1n) is 5.34. The number of β-amino-alcohol motifs (C(OH)–C–C–N with tert-alkyl or cyclic N) is 1. The number of aliphatic hydroxyl groups is 1. The van der Waals surface area contributed by atoms with Crippen molar-refractivity contribution in [1.82, 2.24) is 10.2 Å². The van der Waals surface area contributed by atoms with Crippen molar-refractivity contribution in [2.45, 2.75) is 37.8 Å². The Balaban J connectivity index is 0.000000980. The monoisotopic (exact) mass is 256 g/mol. The van der Waals surface area contributed by atoms with Crippen molar-refractivity contribution < 1.29 is 5.11 Å². The Morgan fingerprint density at radius 1 is 1.27 bits per heavy atom. The van der Waals surface area contributed by atoms with Crippen LogP contribution in [-0.2, 0) is 0 Å². The largest absolute Gasteiger partial charge is 0.392 e. The molecule has 1 atom stereocenters. The van der Waals surface area contributed by atoms with Crippen LogP contribution in [-0.4, -0.2) is 47.8 Å². The van der Waals surface area contributed by atoms with Gasteiger partial charge >= 0.3 is 0 Å². The smallest absolute Gasteiger partial charge is 0.0679 e. The number of nitrogens with one attached hydrogen (secondary N) is 1. The molecule has 1 unspecified atom stereocenters. The molecule has 0 amide bonds. The minimum absolute atomic E-state index is 0. The summed E-state index contributed by atoms with van der Waals surface area (Å²) in [7, 11) is 0. The Hall–Kier alpha value is 0.460. The average molecular weight is 257 g/mol. The summed E-state index contributed by atoms with van der Waals surface area (Å²) in [6.45, 7) is 6.56. The predicted molar refractivity (Wildman–Crippen MR) is 67.2 cm³/mol. The van der Waals surface area contributed by atoms with Crippen LogP contribution in [0.25, 0.3) is 0 Å². The molecule has 2 heterocycles. The number of hydrogen-bond acceptors (Lipinski definition) is 3.